The molecule has 1 aliphatic heterocycles. The van der Waals surface area contributed by atoms with Gasteiger partial charge in [0.1, 0.15) is 0 Å². The Hall–Kier alpha value is -0.280. The number of nitrogens with zero attached hydrogens (tertiary/aromatic N) is 1. The highest BCUT2D eigenvalue weighted by Gasteiger charge is 2.21. The number of halogens is 2. The first-order chi connectivity index (χ1) is 7.66. The molecule has 4 heteroatoms. The first-order valence-electron chi connectivity index (χ1n) is 5.92. The molecule has 0 radical (unpaired) electrons. The van der Waals surface area contributed by atoms with Crippen LogP contribution in [0.3, 0.4) is 0 Å². The van der Waals surface area contributed by atoms with E-state index in [2.05, 4.69) is 24.0 Å². The lowest BCUT2D eigenvalue weighted by molar-refractivity contribution is 0.159. The van der Waals surface area contributed by atoms with Gasteiger partial charge in [-0.2, -0.15) is 0 Å². The van der Waals surface area contributed by atoms with Crippen LogP contribution in [0.4, 0.5) is 0 Å². The number of hydrogen-bond acceptors (Lipinski definition) is 2. The number of piperidine rings is 1. The van der Waals surface area contributed by atoms with Crippen LogP contribution in [0.15, 0.2) is 24.3 Å². The van der Waals surface area contributed by atoms with Crippen molar-refractivity contribution in [3.8, 4) is 0 Å². The summed E-state index contributed by atoms with van der Waals surface area (Å²) in [6.45, 7) is 4.39. The van der Waals surface area contributed by atoms with E-state index in [-0.39, 0.29) is 12.4 Å². The molecule has 0 amide bonds. The summed E-state index contributed by atoms with van der Waals surface area (Å²) in [5, 5.41) is 0.797. The fraction of sp³-hybridized carbons (Fsp3) is 0.538. The molecular weight excluding hydrogens is 255 g/mol. The molecule has 2 rings (SSSR count). The van der Waals surface area contributed by atoms with Crippen molar-refractivity contribution in [2.45, 2.75) is 31.8 Å². The third kappa shape index (κ3) is 3.85. The van der Waals surface area contributed by atoms with Crippen LogP contribution in [-0.2, 0) is 0 Å². The van der Waals surface area contributed by atoms with Gasteiger partial charge in [-0.05, 0) is 44.0 Å². The van der Waals surface area contributed by atoms with Gasteiger partial charge in [0.25, 0.3) is 0 Å². The van der Waals surface area contributed by atoms with Gasteiger partial charge in [0.05, 0.1) is 0 Å². The Kier molecular flexibility index (Phi) is 5.74. The zero-order chi connectivity index (χ0) is 11.5. The van der Waals surface area contributed by atoms with Crippen molar-refractivity contribution in [2.24, 2.45) is 5.73 Å². The van der Waals surface area contributed by atoms with Gasteiger partial charge in [-0.3, -0.25) is 4.90 Å². The number of nitrogens with two attached hydrogens (primary N) is 1. The van der Waals surface area contributed by atoms with Crippen LogP contribution >= 0.6 is 24.0 Å². The second-order valence-electron chi connectivity index (χ2n) is 4.62. The highest BCUT2D eigenvalue weighted by Crippen LogP contribution is 2.24. The minimum Gasteiger partial charge on any atom is -0.327 e. The van der Waals surface area contributed by atoms with Crippen molar-refractivity contribution in [3.63, 3.8) is 0 Å². The molecule has 96 valence electrons. The van der Waals surface area contributed by atoms with E-state index < -0.39 is 0 Å². The SMILES string of the molecule is CC(c1ccc(Cl)cc1)N1CCCC(N)C1.Cl. The van der Waals surface area contributed by atoms with Crippen molar-refractivity contribution in [2.75, 3.05) is 13.1 Å². The average molecular weight is 275 g/mol. The van der Waals surface area contributed by atoms with Crippen LogP contribution < -0.4 is 5.73 Å². The normalized spacial score (nSPS) is 22.9. The first-order valence-corrected chi connectivity index (χ1v) is 6.29. The summed E-state index contributed by atoms with van der Waals surface area (Å²) in [4.78, 5) is 2.46. The minimum absolute atomic E-state index is 0. The summed E-state index contributed by atoms with van der Waals surface area (Å²) in [6, 6.07) is 8.89. The quantitative estimate of drug-likeness (QED) is 0.897. The number of rotatable bonds is 2. The van der Waals surface area contributed by atoms with Crippen LogP contribution in [0.5, 0.6) is 0 Å². The largest absolute Gasteiger partial charge is 0.327 e. The second-order valence-corrected chi connectivity index (χ2v) is 5.06. The van der Waals surface area contributed by atoms with Crippen LogP contribution in [-0.4, -0.2) is 24.0 Å². The van der Waals surface area contributed by atoms with Crippen LogP contribution in [0.1, 0.15) is 31.4 Å². The standard InChI is InChI=1S/C13H19ClN2.ClH/c1-10(11-4-6-12(14)7-5-11)16-8-2-3-13(15)9-16;/h4-7,10,13H,2-3,8-9,15H2,1H3;1H. The molecule has 2 unspecified atom stereocenters. The van der Waals surface area contributed by atoms with Gasteiger partial charge >= 0.3 is 0 Å². The van der Waals surface area contributed by atoms with E-state index in [4.69, 9.17) is 17.3 Å². The third-order valence-corrected chi connectivity index (χ3v) is 3.64. The molecule has 0 bridgehead atoms. The van der Waals surface area contributed by atoms with Gasteiger partial charge in [0, 0.05) is 23.7 Å². The van der Waals surface area contributed by atoms with E-state index in [0.29, 0.717) is 12.1 Å². The Morgan fingerprint density at radius 3 is 2.59 bits per heavy atom. The minimum atomic E-state index is 0. The highest BCUT2D eigenvalue weighted by atomic mass is 35.5. The van der Waals surface area contributed by atoms with Gasteiger partial charge < -0.3 is 5.73 Å². The Morgan fingerprint density at radius 1 is 1.35 bits per heavy atom. The van der Waals surface area contributed by atoms with Crippen LogP contribution in [0.25, 0.3) is 0 Å². The highest BCUT2D eigenvalue weighted by molar-refractivity contribution is 6.30. The molecule has 1 heterocycles. The number of hydrogen-bond donors (Lipinski definition) is 1. The Morgan fingerprint density at radius 2 is 2.00 bits per heavy atom. The summed E-state index contributed by atoms with van der Waals surface area (Å²) in [7, 11) is 0. The summed E-state index contributed by atoms with van der Waals surface area (Å²) in [5.74, 6) is 0. The Bertz CT molecular complexity index is 340. The van der Waals surface area contributed by atoms with Gasteiger partial charge in [0.15, 0.2) is 0 Å². The molecule has 1 saturated heterocycles. The van der Waals surface area contributed by atoms with Crippen molar-refractivity contribution in [1.82, 2.24) is 4.90 Å². The summed E-state index contributed by atoms with van der Waals surface area (Å²) in [5.41, 5.74) is 7.32. The van der Waals surface area contributed by atoms with E-state index in [1.165, 1.54) is 12.0 Å². The number of likely N-dealkylation sites (tertiary alicyclic amines) is 1. The zero-order valence-corrected chi connectivity index (χ0v) is 11.7. The maximum Gasteiger partial charge on any atom is 0.0406 e. The van der Waals surface area contributed by atoms with E-state index in [0.717, 1.165) is 24.5 Å². The van der Waals surface area contributed by atoms with Crippen LogP contribution in [0.2, 0.25) is 5.02 Å². The van der Waals surface area contributed by atoms with E-state index in [1.54, 1.807) is 0 Å². The summed E-state index contributed by atoms with van der Waals surface area (Å²) in [6.07, 6.45) is 2.36. The monoisotopic (exact) mass is 274 g/mol. The third-order valence-electron chi connectivity index (χ3n) is 3.39. The molecule has 1 fully saturated rings. The maximum absolute atomic E-state index is 6.00. The topological polar surface area (TPSA) is 29.3 Å². The maximum atomic E-state index is 6.00. The van der Waals surface area contributed by atoms with E-state index >= 15 is 0 Å². The molecular formula is C13H20Cl2N2. The van der Waals surface area contributed by atoms with Gasteiger partial charge in [0.2, 0.25) is 0 Å². The lowest BCUT2D eigenvalue weighted by Gasteiger charge is -2.35. The molecule has 0 spiro atoms. The van der Waals surface area contributed by atoms with E-state index in [1.807, 2.05) is 12.1 Å². The molecule has 17 heavy (non-hydrogen) atoms. The van der Waals surface area contributed by atoms with Crippen molar-refractivity contribution in [3.05, 3.63) is 34.9 Å². The van der Waals surface area contributed by atoms with Crippen LogP contribution in [0, 0.1) is 0 Å². The molecule has 2 nitrogen and oxygen atoms in total. The second kappa shape index (κ2) is 6.60. The summed E-state index contributed by atoms with van der Waals surface area (Å²) >= 11 is 5.89. The molecule has 2 N–H and O–H groups in total. The fourth-order valence-electron chi connectivity index (χ4n) is 2.34. The van der Waals surface area contributed by atoms with Gasteiger partial charge in [-0.15, -0.1) is 12.4 Å². The molecule has 2 atom stereocenters. The van der Waals surface area contributed by atoms with E-state index in [9.17, 15) is 0 Å². The van der Waals surface area contributed by atoms with Gasteiger partial charge in [-0.25, -0.2) is 0 Å². The van der Waals surface area contributed by atoms with Crippen molar-refractivity contribution >= 4 is 24.0 Å². The van der Waals surface area contributed by atoms with Gasteiger partial charge in [-0.1, -0.05) is 23.7 Å². The molecule has 0 aliphatic carbocycles. The average Bonchev–Trinajstić information content (AvgIpc) is 2.29. The Balaban J connectivity index is 0.00000144. The predicted molar refractivity (Wildman–Crippen MR) is 75.9 cm³/mol. The smallest absolute Gasteiger partial charge is 0.0406 e. The first kappa shape index (κ1) is 14.8. The lowest BCUT2D eigenvalue weighted by atomic mass is 10.0. The van der Waals surface area contributed by atoms with Crippen molar-refractivity contribution in [1.29, 1.82) is 0 Å². The lowest BCUT2D eigenvalue weighted by Crippen LogP contribution is -2.43. The van der Waals surface area contributed by atoms with Crippen molar-refractivity contribution < 1.29 is 0 Å². The molecule has 1 aromatic carbocycles. The zero-order valence-electron chi connectivity index (χ0n) is 10.1. The molecule has 1 aromatic rings. The Labute approximate surface area is 115 Å². The molecule has 0 aromatic heterocycles. The molecule has 0 saturated carbocycles. The predicted octanol–water partition coefficient (Wildman–Crippen LogP) is 3.25. The fourth-order valence-corrected chi connectivity index (χ4v) is 2.47. The number of benzene rings is 1. The summed E-state index contributed by atoms with van der Waals surface area (Å²) < 4.78 is 0. The molecule has 1 aliphatic rings.